The van der Waals surface area contributed by atoms with Gasteiger partial charge in [0.15, 0.2) is 0 Å². The van der Waals surface area contributed by atoms with E-state index in [0.717, 1.165) is 29.1 Å². The Hall–Kier alpha value is -1.18. The molecule has 0 atom stereocenters. The van der Waals surface area contributed by atoms with Crippen LogP contribution in [-0.4, -0.2) is 26.4 Å². The van der Waals surface area contributed by atoms with Crippen LogP contribution in [0.15, 0.2) is 23.1 Å². The third kappa shape index (κ3) is 2.91. The Bertz CT molecular complexity index is 384. The highest BCUT2D eigenvalue weighted by atomic mass is 32.2. The Morgan fingerprint density at radius 2 is 2.25 bits per heavy atom. The summed E-state index contributed by atoms with van der Waals surface area (Å²) in [6, 6.07) is 8.22. The number of nitrogens with zero attached hydrogens (tertiary/aromatic N) is 2. The summed E-state index contributed by atoms with van der Waals surface area (Å²) in [7, 11) is 2.00. The number of nitriles is 1. The third-order valence-electron chi connectivity index (χ3n) is 2.44. The van der Waals surface area contributed by atoms with Crippen LogP contribution in [0.2, 0.25) is 0 Å². The summed E-state index contributed by atoms with van der Waals surface area (Å²) >= 11 is 1.60. The predicted octanol–water partition coefficient (Wildman–Crippen LogP) is 2.07. The largest absolute Gasteiger partial charge is 0.373 e. The molecule has 4 heteroatoms. The smallest absolute Gasteiger partial charge is 0.102 e. The minimum Gasteiger partial charge on any atom is -0.373 e. The molecule has 0 saturated heterocycles. The average molecular weight is 235 g/mol. The van der Waals surface area contributed by atoms with E-state index in [4.69, 9.17) is 5.73 Å². The Kier molecular flexibility index (Phi) is 5.17. The molecule has 0 bridgehead atoms. The highest BCUT2D eigenvalue weighted by Crippen LogP contribution is 2.28. The maximum Gasteiger partial charge on any atom is 0.102 e. The van der Waals surface area contributed by atoms with Gasteiger partial charge in [0.1, 0.15) is 6.07 Å². The second kappa shape index (κ2) is 6.41. The second-order valence-electron chi connectivity index (χ2n) is 3.53. The molecule has 16 heavy (non-hydrogen) atoms. The molecule has 0 aliphatic heterocycles. The van der Waals surface area contributed by atoms with Gasteiger partial charge < -0.3 is 10.6 Å². The first-order valence-corrected chi connectivity index (χ1v) is 6.45. The molecule has 1 aromatic carbocycles. The molecule has 3 nitrogen and oxygen atoms in total. The van der Waals surface area contributed by atoms with E-state index in [1.165, 1.54) is 0 Å². The Balaban J connectivity index is 2.99. The molecule has 0 heterocycles. The monoisotopic (exact) mass is 235 g/mol. The average Bonchev–Trinajstić information content (AvgIpc) is 2.34. The van der Waals surface area contributed by atoms with Gasteiger partial charge in [-0.2, -0.15) is 5.26 Å². The molecule has 0 fully saturated rings. The van der Waals surface area contributed by atoms with E-state index >= 15 is 0 Å². The second-order valence-corrected chi connectivity index (χ2v) is 4.38. The quantitative estimate of drug-likeness (QED) is 0.794. The van der Waals surface area contributed by atoms with Crippen molar-refractivity contribution in [3.8, 4) is 6.07 Å². The molecule has 1 rings (SSSR count). The van der Waals surface area contributed by atoms with Crippen LogP contribution in [0.3, 0.4) is 0 Å². The molecule has 0 unspecified atom stereocenters. The van der Waals surface area contributed by atoms with E-state index < -0.39 is 0 Å². The van der Waals surface area contributed by atoms with E-state index in [1.54, 1.807) is 11.8 Å². The fourth-order valence-corrected chi connectivity index (χ4v) is 2.14. The molecule has 0 aliphatic rings. The van der Waals surface area contributed by atoms with Crippen molar-refractivity contribution < 1.29 is 0 Å². The number of hydrogen-bond acceptors (Lipinski definition) is 4. The lowest BCUT2D eigenvalue weighted by Crippen LogP contribution is -2.22. The van der Waals surface area contributed by atoms with Crippen LogP contribution in [0.25, 0.3) is 0 Å². The first-order valence-electron chi connectivity index (χ1n) is 5.23. The lowest BCUT2D eigenvalue weighted by atomic mass is 10.1. The van der Waals surface area contributed by atoms with Crippen LogP contribution in [0.5, 0.6) is 0 Å². The molecule has 0 radical (unpaired) electrons. The van der Waals surface area contributed by atoms with Crippen molar-refractivity contribution >= 4 is 17.4 Å². The summed E-state index contributed by atoms with van der Waals surface area (Å²) in [6.45, 7) is 1.55. The lowest BCUT2D eigenvalue weighted by molar-refractivity contribution is 0.794. The van der Waals surface area contributed by atoms with Crippen molar-refractivity contribution in [3.63, 3.8) is 0 Å². The topological polar surface area (TPSA) is 53.0 Å². The van der Waals surface area contributed by atoms with Crippen LogP contribution in [0.4, 0.5) is 5.69 Å². The molecule has 0 spiro atoms. The number of nitrogens with two attached hydrogens (primary N) is 1. The van der Waals surface area contributed by atoms with Crippen LogP contribution in [0.1, 0.15) is 12.0 Å². The fraction of sp³-hybridized carbons (Fsp3) is 0.417. The zero-order valence-electron chi connectivity index (χ0n) is 9.73. The number of hydrogen-bond donors (Lipinski definition) is 1. The summed E-state index contributed by atoms with van der Waals surface area (Å²) in [5, 5.41) is 9.19. The molecule has 0 saturated carbocycles. The number of thioether (sulfide) groups is 1. The number of benzene rings is 1. The van der Waals surface area contributed by atoms with Gasteiger partial charge in [0, 0.05) is 18.5 Å². The Morgan fingerprint density at radius 3 is 2.81 bits per heavy atom. The van der Waals surface area contributed by atoms with Gasteiger partial charge in [0.25, 0.3) is 0 Å². The third-order valence-corrected chi connectivity index (χ3v) is 3.22. The van der Waals surface area contributed by atoms with E-state index in [-0.39, 0.29) is 0 Å². The first kappa shape index (κ1) is 12.9. The molecule has 2 N–H and O–H groups in total. The van der Waals surface area contributed by atoms with Gasteiger partial charge in [-0.15, -0.1) is 11.8 Å². The van der Waals surface area contributed by atoms with Crippen molar-refractivity contribution in [2.45, 2.75) is 11.3 Å². The normalized spacial score (nSPS) is 9.88. The minimum absolute atomic E-state index is 0.675. The summed E-state index contributed by atoms with van der Waals surface area (Å²) < 4.78 is 0. The van der Waals surface area contributed by atoms with Gasteiger partial charge in [-0.25, -0.2) is 0 Å². The highest BCUT2D eigenvalue weighted by Gasteiger charge is 2.10. The maximum atomic E-state index is 9.19. The summed E-state index contributed by atoms with van der Waals surface area (Å²) in [5.74, 6) is 0. The molecule has 86 valence electrons. The zero-order valence-corrected chi connectivity index (χ0v) is 10.5. The van der Waals surface area contributed by atoms with Gasteiger partial charge in [0.05, 0.1) is 11.3 Å². The number of anilines is 1. The molecule has 0 amide bonds. The van der Waals surface area contributed by atoms with Crippen molar-refractivity contribution in [1.82, 2.24) is 0 Å². The maximum absolute atomic E-state index is 9.19. The molecule has 1 aromatic rings. The fourth-order valence-electron chi connectivity index (χ4n) is 1.57. The van der Waals surface area contributed by atoms with Gasteiger partial charge in [-0.3, -0.25) is 0 Å². The van der Waals surface area contributed by atoms with Crippen LogP contribution >= 0.6 is 11.8 Å². The van der Waals surface area contributed by atoms with Gasteiger partial charge in [-0.1, -0.05) is 6.07 Å². The summed E-state index contributed by atoms with van der Waals surface area (Å²) in [4.78, 5) is 3.12. The zero-order chi connectivity index (χ0) is 12.0. The molecular weight excluding hydrogens is 218 g/mol. The molecule has 0 aromatic heterocycles. The molecular formula is C12H17N3S. The predicted molar refractivity (Wildman–Crippen MR) is 69.9 cm³/mol. The van der Waals surface area contributed by atoms with E-state index in [9.17, 15) is 5.26 Å². The Morgan fingerprint density at radius 1 is 1.50 bits per heavy atom. The van der Waals surface area contributed by atoms with E-state index in [2.05, 4.69) is 11.0 Å². The van der Waals surface area contributed by atoms with Crippen LogP contribution in [0, 0.1) is 11.3 Å². The highest BCUT2D eigenvalue weighted by molar-refractivity contribution is 7.98. The summed E-state index contributed by atoms with van der Waals surface area (Å²) in [5.41, 5.74) is 7.23. The lowest BCUT2D eigenvalue weighted by Gasteiger charge is -2.21. The standard InChI is InChI=1S/C12H17N3S/c1-15(8-4-7-13)11-5-3-6-12(16-2)10(11)9-14/h3,5-6H,4,7-8,13H2,1-2H3. The van der Waals surface area contributed by atoms with E-state index in [1.807, 2.05) is 31.5 Å². The van der Waals surface area contributed by atoms with Crippen molar-refractivity contribution in [2.24, 2.45) is 5.73 Å². The van der Waals surface area contributed by atoms with Crippen molar-refractivity contribution in [1.29, 1.82) is 5.26 Å². The van der Waals surface area contributed by atoms with E-state index in [0.29, 0.717) is 6.54 Å². The van der Waals surface area contributed by atoms with Crippen LogP contribution in [-0.2, 0) is 0 Å². The Labute approximate surface area is 101 Å². The SMILES string of the molecule is CSc1cccc(N(C)CCCN)c1C#N. The summed E-state index contributed by atoms with van der Waals surface area (Å²) in [6.07, 6.45) is 2.92. The van der Waals surface area contributed by atoms with Crippen molar-refractivity contribution in [2.75, 3.05) is 31.3 Å². The van der Waals surface area contributed by atoms with Crippen molar-refractivity contribution in [3.05, 3.63) is 23.8 Å². The van der Waals surface area contributed by atoms with Crippen LogP contribution < -0.4 is 10.6 Å². The van der Waals surface area contributed by atoms with Gasteiger partial charge in [0.2, 0.25) is 0 Å². The number of rotatable bonds is 5. The van der Waals surface area contributed by atoms with Gasteiger partial charge >= 0.3 is 0 Å². The minimum atomic E-state index is 0.675. The first-order chi connectivity index (χ1) is 7.74. The molecule has 0 aliphatic carbocycles. The van der Waals surface area contributed by atoms with Gasteiger partial charge in [-0.05, 0) is 31.4 Å².